The summed E-state index contributed by atoms with van der Waals surface area (Å²) in [6.07, 6.45) is 8.13. The molecule has 1 amide bonds. The van der Waals surface area contributed by atoms with Crippen molar-refractivity contribution in [3.05, 3.63) is 95.2 Å². The molecular formula is C23H19NO3S. The van der Waals surface area contributed by atoms with Gasteiger partial charge in [0.25, 0.3) is 0 Å². The van der Waals surface area contributed by atoms with E-state index >= 15 is 0 Å². The zero-order valence-corrected chi connectivity index (χ0v) is 15.9. The smallest absolute Gasteiger partial charge is 0.352 e. The number of fused-ring (bicyclic) bond motifs is 1. The summed E-state index contributed by atoms with van der Waals surface area (Å²) in [6, 6.07) is 19.6. The van der Waals surface area contributed by atoms with Crippen LogP contribution >= 0.6 is 11.8 Å². The molecule has 0 aliphatic carbocycles. The molecular weight excluding hydrogens is 370 g/mol. The van der Waals surface area contributed by atoms with Crippen LogP contribution in [0.4, 0.5) is 0 Å². The van der Waals surface area contributed by atoms with E-state index in [1.54, 1.807) is 11.8 Å². The Hall–Kier alpha value is -3.05. The van der Waals surface area contributed by atoms with Gasteiger partial charge < -0.3 is 5.11 Å². The van der Waals surface area contributed by atoms with E-state index in [1.165, 1.54) is 4.90 Å². The third-order valence-electron chi connectivity index (χ3n) is 4.75. The van der Waals surface area contributed by atoms with Crippen molar-refractivity contribution < 1.29 is 14.7 Å². The number of rotatable bonds is 5. The maximum Gasteiger partial charge on any atom is 0.352 e. The van der Waals surface area contributed by atoms with Crippen molar-refractivity contribution in [2.45, 2.75) is 17.0 Å². The number of allylic oxidation sites excluding steroid dienone is 1. The van der Waals surface area contributed by atoms with Crippen LogP contribution in [0.15, 0.2) is 84.1 Å². The van der Waals surface area contributed by atoms with E-state index in [9.17, 15) is 14.7 Å². The van der Waals surface area contributed by atoms with Crippen molar-refractivity contribution in [1.29, 1.82) is 0 Å². The maximum atomic E-state index is 12.1. The molecule has 2 heterocycles. The molecule has 2 aliphatic heterocycles. The van der Waals surface area contributed by atoms with Crippen LogP contribution in [0.3, 0.4) is 0 Å². The third-order valence-corrected chi connectivity index (χ3v) is 6.15. The van der Waals surface area contributed by atoms with E-state index in [2.05, 4.69) is 0 Å². The third kappa shape index (κ3) is 3.66. The van der Waals surface area contributed by atoms with Gasteiger partial charge in [0.1, 0.15) is 5.70 Å². The van der Waals surface area contributed by atoms with Crippen LogP contribution < -0.4 is 0 Å². The fraction of sp³-hybridized carbons (Fsp3) is 0.130. The Balaban J connectivity index is 1.73. The van der Waals surface area contributed by atoms with E-state index in [0.717, 1.165) is 11.1 Å². The molecule has 28 heavy (non-hydrogen) atoms. The Bertz CT molecular complexity index is 979. The predicted octanol–water partition coefficient (Wildman–Crippen LogP) is 4.43. The monoisotopic (exact) mass is 389 g/mol. The average Bonchev–Trinajstić information content (AvgIpc) is 2.71. The molecule has 0 radical (unpaired) electrons. The molecule has 0 saturated carbocycles. The van der Waals surface area contributed by atoms with Gasteiger partial charge in [0, 0.05) is 5.57 Å². The summed E-state index contributed by atoms with van der Waals surface area (Å²) in [7, 11) is 0. The van der Waals surface area contributed by atoms with Crippen LogP contribution in [0, 0.1) is 0 Å². The van der Waals surface area contributed by atoms with Crippen LogP contribution in [-0.4, -0.2) is 32.5 Å². The highest BCUT2D eigenvalue weighted by Crippen LogP contribution is 2.45. The van der Waals surface area contributed by atoms with Crippen molar-refractivity contribution in [2.24, 2.45) is 0 Å². The number of aliphatic carboxylic acids is 1. The van der Waals surface area contributed by atoms with Crippen LogP contribution in [0.25, 0.3) is 12.2 Å². The highest BCUT2D eigenvalue weighted by Gasteiger charge is 2.47. The molecule has 5 heteroatoms. The number of benzene rings is 2. The largest absolute Gasteiger partial charge is 0.477 e. The van der Waals surface area contributed by atoms with E-state index < -0.39 is 5.97 Å². The summed E-state index contributed by atoms with van der Waals surface area (Å²) < 4.78 is 0. The molecule has 2 atom stereocenters. The first-order chi connectivity index (χ1) is 13.6. The number of thioether (sulfide) groups is 1. The fourth-order valence-corrected chi connectivity index (χ4v) is 4.77. The Morgan fingerprint density at radius 3 is 2.14 bits per heavy atom. The van der Waals surface area contributed by atoms with Gasteiger partial charge in [0.15, 0.2) is 0 Å². The number of carbonyl (C=O) groups is 2. The summed E-state index contributed by atoms with van der Waals surface area (Å²) in [4.78, 5) is 25.5. The fourth-order valence-electron chi connectivity index (χ4n) is 3.34. The van der Waals surface area contributed by atoms with Crippen LogP contribution in [0.1, 0.15) is 17.5 Å². The lowest BCUT2D eigenvalue weighted by atomic mass is 10.0. The topological polar surface area (TPSA) is 57.6 Å². The van der Waals surface area contributed by atoms with Crippen molar-refractivity contribution in [2.75, 3.05) is 0 Å². The lowest BCUT2D eigenvalue weighted by Crippen LogP contribution is -2.55. The minimum absolute atomic E-state index is 0.0925. The van der Waals surface area contributed by atoms with Crippen molar-refractivity contribution in [1.82, 2.24) is 4.90 Å². The zero-order valence-electron chi connectivity index (χ0n) is 15.1. The molecule has 4 nitrogen and oxygen atoms in total. The molecule has 140 valence electrons. The maximum absolute atomic E-state index is 12.1. The summed E-state index contributed by atoms with van der Waals surface area (Å²) in [5.41, 5.74) is 2.76. The second kappa shape index (κ2) is 7.90. The molecule has 1 saturated heterocycles. The Labute approximate surface area is 167 Å². The molecule has 2 aliphatic rings. The molecule has 0 aromatic heterocycles. The highest BCUT2D eigenvalue weighted by molar-refractivity contribution is 8.01. The standard InChI is InChI=1S/C23H19NO3S/c25-20-15-21-24(20)22(23(26)27)18(13-11-16-7-3-1-4-8-16)19(28-21)14-12-17-9-5-2-6-10-17/h1-14,19,21H,15H2,(H,26,27)/t19?,21-/m1/s1. The number of carboxylic acids is 1. The van der Waals surface area contributed by atoms with Crippen molar-refractivity contribution >= 4 is 35.8 Å². The summed E-state index contributed by atoms with van der Waals surface area (Å²) >= 11 is 1.61. The van der Waals surface area contributed by atoms with Crippen molar-refractivity contribution in [3.8, 4) is 0 Å². The van der Waals surface area contributed by atoms with Gasteiger partial charge in [-0.1, -0.05) is 85.0 Å². The lowest BCUT2D eigenvalue weighted by Gasteiger charge is -2.45. The van der Waals surface area contributed by atoms with Gasteiger partial charge in [0.05, 0.1) is 17.0 Å². The minimum atomic E-state index is -1.07. The quantitative estimate of drug-likeness (QED) is 0.769. The minimum Gasteiger partial charge on any atom is -0.477 e. The Kier molecular flexibility index (Phi) is 5.17. The second-order valence-electron chi connectivity index (χ2n) is 6.60. The molecule has 1 fully saturated rings. The second-order valence-corrected chi connectivity index (χ2v) is 7.93. The van der Waals surface area contributed by atoms with Gasteiger partial charge in [0.2, 0.25) is 5.91 Å². The average molecular weight is 389 g/mol. The number of carbonyl (C=O) groups excluding carboxylic acids is 1. The normalized spacial score (nSPS) is 21.9. The molecule has 0 spiro atoms. The van der Waals surface area contributed by atoms with Gasteiger partial charge >= 0.3 is 5.97 Å². The summed E-state index contributed by atoms with van der Waals surface area (Å²) in [5.74, 6) is -1.20. The number of carboxylic acid groups (broad SMARTS) is 1. The van der Waals surface area contributed by atoms with Crippen LogP contribution in [0.5, 0.6) is 0 Å². The predicted molar refractivity (Wildman–Crippen MR) is 112 cm³/mol. The molecule has 0 bridgehead atoms. The van der Waals surface area contributed by atoms with Crippen LogP contribution in [0.2, 0.25) is 0 Å². The number of nitrogens with zero attached hydrogens (tertiary/aromatic N) is 1. The lowest BCUT2D eigenvalue weighted by molar-refractivity contribution is -0.146. The first-order valence-electron chi connectivity index (χ1n) is 9.05. The first kappa shape index (κ1) is 18.3. The summed E-state index contributed by atoms with van der Waals surface area (Å²) in [6.45, 7) is 0. The van der Waals surface area contributed by atoms with Gasteiger partial charge in [-0.25, -0.2) is 4.79 Å². The van der Waals surface area contributed by atoms with Gasteiger partial charge in [-0.2, -0.15) is 0 Å². The van der Waals surface area contributed by atoms with E-state index in [-0.39, 0.29) is 22.2 Å². The molecule has 1 N–H and O–H groups in total. The van der Waals surface area contributed by atoms with Gasteiger partial charge in [-0.05, 0) is 11.1 Å². The van der Waals surface area contributed by atoms with E-state index in [1.807, 2.05) is 85.0 Å². The van der Waals surface area contributed by atoms with E-state index in [0.29, 0.717) is 12.0 Å². The number of β-lactam (4-membered cyclic amide) rings is 1. The summed E-state index contributed by atoms with van der Waals surface area (Å²) in [5, 5.41) is 9.58. The Morgan fingerprint density at radius 1 is 0.964 bits per heavy atom. The highest BCUT2D eigenvalue weighted by atomic mass is 32.2. The SMILES string of the molecule is O=C(O)C1=C(C=Cc2ccccc2)C(C=Cc2ccccc2)S[C@@H]2CC(=O)N12. The number of hydrogen-bond acceptors (Lipinski definition) is 3. The molecule has 2 aromatic carbocycles. The number of amides is 1. The van der Waals surface area contributed by atoms with E-state index in [4.69, 9.17) is 0 Å². The molecule has 2 aromatic rings. The Morgan fingerprint density at radius 2 is 1.57 bits per heavy atom. The zero-order chi connectivity index (χ0) is 19.5. The number of hydrogen-bond donors (Lipinski definition) is 1. The molecule has 1 unspecified atom stereocenters. The van der Waals surface area contributed by atoms with Gasteiger partial charge in [-0.15, -0.1) is 11.8 Å². The molecule has 4 rings (SSSR count). The van der Waals surface area contributed by atoms with Gasteiger partial charge in [-0.3, -0.25) is 9.69 Å². The van der Waals surface area contributed by atoms with Crippen LogP contribution in [-0.2, 0) is 9.59 Å². The first-order valence-corrected chi connectivity index (χ1v) is 9.99. The van der Waals surface area contributed by atoms with Crippen molar-refractivity contribution in [3.63, 3.8) is 0 Å².